The first-order valence-electron chi connectivity index (χ1n) is 7.92. The van der Waals surface area contributed by atoms with E-state index >= 15 is 0 Å². The van der Waals surface area contributed by atoms with Crippen LogP contribution in [0.25, 0.3) is 0 Å². The molecule has 0 radical (unpaired) electrons. The number of benzene rings is 2. The molecule has 1 atom stereocenters. The van der Waals surface area contributed by atoms with Crippen molar-refractivity contribution in [2.75, 3.05) is 18.2 Å². The lowest BCUT2D eigenvalue weighted by Crippen LogP contribution is -2.30. The number of thioether (sulfide) groups is 1. The van der Waals surface area contributed by atoms with Crippen LogP contribution in [0.15, 0.2) is 47.4 Å². The van der Waals surface area contributed by atoms with Crippen LogP contribution in [0.1, 0.15) is 12.5 Å². The Bertz CT molecular complexity index is 780. The molecule has 138 valence electrons. The quantitative estimate of drug-likeness (QED) is 0.587. The van der Waals surface area contributed by atoms with E-state index in [9.17, 15) is 14.0 Å². The number of nitrogens with one attached hydrogen (secondary N) is 1. The highest BCUT2D eigenvalue weighted by Gasteiger charge is 2.18. The average Bonchev–Trinajstić information content (AvgIpc) is 2.63. The van der Waals surface area contributed by atoms with E-state index in [1.54, 1.807) is 38.3 Å². The van der Waals surface area contributed by atoms with E-state index in [4.69, 9.17) is 9.47 Å². The number of anilines is 1. The number of methoxy groups -OCH3 is 1. The van der Waals surface area contributed by atoms with E-state index in [0.29, 0.717) is 11.3 Å². The zero-order valence-corrected chi connectivity index (χ0v) is 15.6. The van der Waals surface area contributed by atoms with Gasteiger partial charge in [-0.05, 0) is 55.8 Å². The molecule has 0 bridgehead atoms. The van der Waals surface area contributed by atoms with E-state index in [1.807, 2.05) is 12.1 Å². The fraction of sp³-hybridized carbons (Fsp3) is 0.263. The fourth-order valence-corrected chi connectivity index (χ4v) is 2.69. The van der Waals surface area contributed by atoms with E-state index in [1.165, 1.54) is 24.8 Å². The SMILES string of the molecule is COc1ccc(SCC(=O)O[C@H](C)C(=O)Nc2ccc(C)c(F)c2)cc1. The molecule has 0 saturated carbocycles. The van der Waals surface area contributed by atoms with Crippen molar-refractivity contribution < 1.29 is 23.5 Å². The summed E-state index contributed by atoms with van der Waals surface area (Å²) in [4.78, 5) is 24.8. The van der Waals surface area contributed by atoms with Crippen LogP contribution >= 0.6 is 11.8 Å². The standard InChI is InChI=1S/C19H20FNO4S/c1-12-4-5-14(10-17(12)20)21-19(23)13(2)25-18(22)11-26-16-8-6-15(24-3)7-9-16/h4-10,13H,11H2,1-3H3,(H,21,23)/t13-/m1/s1. The molecule has 26 heavy (non-hydrogen) atoms. The van der Waals surface area contributed by atoms with Gasteiger partial charge in [-0.15, -0.1) is 11.8 Å². The molecule has 2 aromatic rings. The predicted octanol–water partition coefficient (Wildman–Crippen LogP) is 3.81. The molecule has 7 heteroatoms. The number of aryl methyl sites for hydroxylation is 1. The number of carbonyl (C=O) groups excluding carboxylic acids is 2. The first-order chi connectivity index (χ1) is 12.4. The molecule has 0 aliphatic carbocycles. The summed E-state index contributed by atoms with van der Waals surface area (Å²) in [5.41, 5.74) is 0.798. The third-order valence-corrected chi connectivity index (χ3v) is 4.52. The number of carbonyl (C=O) groups is 2. The Kier molecular flexibility index (Phi) is 7.03. The number of hydrogen-bond donors (Lipinski definition) is 1. The van der Waals surface area contributed by atoms with Crippen LogP contribution in [0.3, 0.4) is 0 Å². The van der Waals surface area contributed by atoms with Crippen LogP contribution in [-0.4, -0.2) is 30.8 Å². The van der Waals surface area contributed by atoms with Crippen molar-refractivity contribution in [3.8, 4) is 5.75 Å². The summed E-state index contributed by atoms with van der Waals surface area (Å²) in [5, 5.41) is 2.52. The van der Waals surface area contributed by atoms with Crippen molar-refractivity contribution in [1.82, 2.24) is 0 Å². The molecule has 2 aromatic carbocycles. The van der Waals surface area contributed by atoms with Crippen LogP contribution in [-0.2, 0) is 14.3 Å². The average molecular weight is 377 g/mol. The highest BCUT2D eigenvalue weighted by molar-refractivity contribution is 8.00. The predicted molar refractivity (Wildman–Crippen MR) is 99.0 cm³/mol. The maximum atomic E-state index is 13.5. The van der Waals surface area contributed by atoms with Crippen molar-refractivity contribution in [1.29, 1.82) is 0 Å². The van der Waals surface area contributed by atoms with Gasteiger partial charge in [0.05, 0.1) is 12.9 Å². The van der Waals surface area contributed by atoms with Gasteiger partial charge in [0.1, 0.15) is 11.6 Å². The summed E-state index contributed by atoms with van der Waals surface area (Å²) < 4.78 is 23.7. The maximum Gasteiger partial charge on any atom is 0.317 e. The van der Waals surface area contributed by atoms with Crippen LogP contribution in [0, 0.1) is 12.7 Å². The molecular formula is C19H20FNO4S. The lowest BCUT2D eigenvalue weighted by Gasteiger charge is -2.14. The van der Waals surface area contributed by atoms with Crippen molar-refractivity contribution in [2.45, 2.75) is 24.8 Å². The summed E-state index contributed by atoms with van der Waals surface area (Å²) in [6.07, 6.45) is -0.983. The zero-order valence-electron chi connectivity index (χ0n) is 14.7. The van der Waals surface area contributed by atoms with E-state index in [0.717, 1.165) is 10.6 Å². The normalized spacial score (nSPS) is 11.5. The van der Waals surface area contributed by atoms with Gasteiger partial charge >= 0.3 is 5.97 Å². The molecule has 0 aliphatic rings. The lowest BCUT2D eigenvalue weighted by atomic mass is 10.2. The summed E-state index contributed by atoms with van der Waals surface area (Å²) >= 11 is 1.30. The largest absolute Gasteiger partial charge is 0.497 e. The minimum atomic E-state index is -0.983. The fourth-order valence-electron chi connectivity index (χ4n) is 2.01. The highest BCUT2D eigenvalue weighted by Crippen LogP contribution is 2.21. The molecule has 0 spiro atoms. The topological polar surface area (TPSA) is 64.6 Å². The molecule has 0 saturated heterocycles. The van der Waals surface area contributed by atoms with Crippen LogP contribution in [0.4, 0.5) is 10.1 Å². The molecule has 1 amide bonds. The molecule has 1 N–H and O–H groups in total. The van der Waals surface area contributed by atoms with Gasteiger partial charge in [0.15, 0.2) is 6.10 Å². The van der Waals surface area contributed by atoms with Gasteiger partial charge < -0.3 is 14.8 Å². The highest BCUT2D eigenvalue weighted by atomic mass is 32.2. The summed E-state index contributed by atoms with van der Waals surface area (Å²) in [6, 6.07) is 11.6. The van der Waals surface area contributed by atoms with Gasteiger partial charge in [-0.25, -0.2) is 4.39 Å². The molecule has 0 heterocycles. The van der Waals surface area contributed by atoms with Crippen molar-refractivity contribution in [3.63, 3.8) is 0 Å². The number of ether oxygens (including phenoxy) is 2. The number of halogens is 1. The minimum Gasteiger partial charge on any atom is -0.497 e. The van der Waals surface area contributed by atoms with Gasteiger partial charge in [0.2, 0.25) is 0 Å². The first-order valence-corrected chi connectivity index (χ1v) is 8.91. The molecule has 0 aliphatic heterocycles. The van der Waals surface area contributed by atoms with Crippen molar-refractivity contribution >= 4 is 29.3 Å². The second-order valence-electron chi connectivity index (χ2n) is 5.55. The number of rotatable bonds is 7. The lowest BCUT2D eigenvalue weighted by molar-refractivity contribution is -0.150. The van der Waals surface area contributed by atoms with Crippen LogP contribution in [0.5, 0.6) is 5.75 Å². The second-order valence-corrected chi connectivity index (χ2v) is 6.60. The van der Waals surface area contributed by atoms with Gasteiger partial charge in [-0.3, -0.25) is 9.59 Å². The summed E-state index contributed by atoms with van der Waals surface area (Å²) in [6.45, 7) is 3.10. The smallest absolute Gasteiger partial charge is 0.317 e. The number of amides is 1. The van der Waals surface area contributed by atoms with Gasteiger partial charge in [0, 0.05) is 10.6 Å². The molecular weight excluding hydrogens is 357 g/mol. The Hall–Kier alpha value is -2.54. The molecule has 0 fully saturated rings. The Balaban J connectivity index is 1.81. The third-order valence-electron chi connectivity index (χ3n) is 3.53. The van der Waals surface area contributed by atoms with Crippen LogP contribution in [0.2, 0.25) is 0 Å². The zero-order chi connectivity index (χ0) is 19.1. The Morgan fingerprint density at radius 3 is 2.50 bits per heavy atom. The molecule has 0 aromatic heterocycles. The number of esters is 1. The molecule has 0 unspecified atom stereocenters. The van der Waals surface area contributed by atoms with E-state index in [2.05, 4.69) is 5.32 Å². The van der Waals surface area contributed by atoms with E-state index < -0.39 is 23.8 Å². The minimum absolute atomic E-state index is 0.0725. The summed E-state index contributed by atoms with van der Waals surface area (Å²) in [7, 11) is 1.58. The Morgan fingerprint density at radius 1 is 1.19 bits per heavy atom. The Labute approximate surface area is 155 Å². The van der Waals surface area contributed by atoms with Crippen molar-refractivity contribution in [3.05, 3.63) is 53.8 Å². The summed E-state index contributed by atoms with van der Waals surface area (Å²) in [5.74, 6) is -0.638. The van der Waals surface area contributed by atoms with Crippen molar-refractivity contribution in [2.24, 2.45) is 0 Å². The van der Waals surface area contributed by atoms with Gasteiger partial charge in [0.25, 0.3) is 5.91 Å². The third kappa shape index (κ3) is 5.77. The molecule has 2 rings (SSSR count). The van der Waals surface area contributed by atoms with Gasteiger partial charge in [-0.1, -0.05) is 6.07 Å². The van der Waals surface area contributed by atoms with Gasteiger partial charge in [-0.2, -0.15) is 0 Å². The van der Waals surface area contributed by atoms with E-state index in [-0.39, 0.29) is 5.75 Å². The number of hydrogen-bond acceptors (Lipinski definition) is 5. The maximum absolute atomic E-state index is 13.5. The van der Waals surface area contributed by atoms with Crippen LogP contribution < -0.4 is 10.1 Å². The molecule has 5 nitrogen and oxygen atoms in total. The monoisotopic (exact) mass is 377 g/mol. The first kappa shape index (κ1) is 19.8. The second kappa shape index (κ2) is 9.24. The Morgan fingerprint density at radius 2 is 1.88 bits per heavy atom.